The third-order valence-electron chi connectivity index (χ3n) is 3.98. The lowest BCUT2D eigenvalue weighted by molar-refractivity contribution is 0.0239. The number of carbonyl (C=O) groups is 1. The van der Waals surface area contributed by atoms with Crippen molar-refractivity contribution < 1.29 is 19.7 Å². The van der Waals surface area contributed by atoms with E-state index in [2.05, 4.69) is 17.2 Å². The van der Waals surface area contributed by atoms with Crippen LogP contribution in [0.5, 0.6) is 0 Å². The highest BCUT2D eigenvalue weighted by Crippen LogP contribution is 2.30. The largest absolute Gasteiger partial charge is 0.444 e. The van der Waals surface area contributed by atoms with Crippen molar-refractivity contribution in [2.45, 2.75) is 63.8 Å². The van der Waals surface area contributed by atoms with Crippen LogP contribution in [0, 0.1) is 11.8 Å². The molecule has 1 aromatic rings. The summed E-state index contributed by atoms with van der Waals surface area (Å²) in [4.78, 5) is 11.6. The van der Waals surface area contributed by atoms with E-state index in [0.717, 1.165) is 30.4 Å². The van der Waals surface area contributed by atoms with E-state index in [-0.39, 0.29) is 0 Å². The van der Waals surface area contributed by atoms with Crippen molar-refractivity contribution in [3.63, 3.8) is 0 Å². The number of amides is 1. The lowest BCUT2D eigenvalue weighted by atomic mass is 9.81. The smallest absolute Gasteiger partial charge is 0.407 e. The van der Waals surface area contributed by atoms with E-state index in [1.807, 2.05) is 24.3 Å². The van der Waals surface area contributed by atoms with Gasteiger partial charge in [0.2, 0.25) is 0 Å². The molecule has 136 valence electrons. The fourth-order valence-electron chi connectivity index (χ4n) is 2.44. The molecule has 25 heavy (non-hydrogen) atoms. The van der Waals surface area contributed by atoms with E-state index in [4.69, 9.17) is 4.74 Å². The standard InChI is InChI=1S/C20H27NO4/c1-19(2,3)25-18(23)21-13-9-17(22)16-7-4-6-15(14-16)8-12-20(24)10-5-11-20/h4,6-7,14,17,22,24H,5,9-11,13H2,1-3H3,(H,21,23). The molecule has 1 fully saturated rings. The molecule has 0 spiro atoms. The minimum Gasteiger partial charge on any atom is -0.444 e. The van der Waals surface area contributed by atoms with Gasteiger partial charge in [-0.15, -0.1) is 0 Å². The Morgan fingerprint density at radius 1 is 1.40 bits per heavy atom. The lowest BCUT2D eigenvalue weighted by Gasteiger charge is -2.30. The molecule has 1 amide bonds. The van der Waals surface area contributed by atoms with Gasteiger partial charge in [0.05, 0.1) is 6.10 Å². The topological polar surface area (TPSA) is 78.8 Å². The SMILES string of the molecule is CC(C)(C)OC(=O)NCCC(O)c1cccc(C#CC2(O)CCC2)c1. The number of hydrogen-bond acceptors (Lipinski definition) is 4. The van der Waals surface area contributed by atoms with Crippen LogP contribution in [0.15, 0.2) is 24.3 Å². The number of alkyl carbamates (subject to hydrolysis) is 1. The Hall–Kier alpha value is -2.03. The van der Waals surface area contributed by atoms with Crippen LogP contribution >= 0.6 is 0 Å². The second-order valence-corrected chi connectivity index (χ2v) is 7.49. The number of aliphatic hydroxyl groups is 2. The van der Waals surface area contributed by atoms with Crippen LogP contribution in [0.25, 0.3) is 0 Å². The maximum Gasteiger partial charge on any atom is 0.407 e. The summed E-state index contributed by atoms with van der Waals surface area (Å²) in [5.41, 5.74) is 0.113. The van der Waals surface area contributed by atoms with Gasteiger partial charge in [-0.3, -0.25) is 0 Å². The monoisotopic (exact) mass is 345 g/mol. The van der Waals surface area contributed by atoms with Crippen molar-refractivity contribution >= 4 is 6.09 Å². The molecule has 1 aliphatic rings. The average molecular weight is 345 g/mol. The first-order chi connectivity index (χ1) is 11.7. The first kappa shape index (κ1) is 19.3. The van der Waals surface area contributed by atoms with Gasteiger partial charge in [-0.05, 0) is 64.2 Å². The summed E-state index contributed by atoms with van der Waals surface area (Å²) < 4.78 is 5.15. The highest BCUT2D eigenvalue weighted by Gasteiger charge is 2.32. The quantitative estimate of drug-likeness (QED) is 0.733. The molecule has 0 aliphatic heterocycles. The maximum absolute atomic E-state index is 11.6. The Bertz CT molecular complexity index is 662. The summed E-state index contributed by atoms with van der Waals surface area (Å²) >= 11 is 0. The summed E-state index contributed by atoms with van der Waals surface area (Å²) in [6, 6.07) is 7.31. The van der Waals surface area contributed by atoms with Crippen LogP contribution in [0.4, 0.5) is 4.79 Å². The average Bonchev–Trinajstić information content (AvgIpc) is 2.49. The molecule has 5 heteroatoms. The molecule has 3 N–H and O–H groups in total. The van der Waals surface area contributed by atoms with Gasteiger partial charge in [-0.25, -0.2) is 4.79 Å². The van der Waals surface area contributed by atoms with E-state index in [9.17, 15) is 15.0 Å². The Kier molecular flexibility index (Phi) is 6.10. The fourth-order valence-corrected chi connectivity index (χ4v) is 2.44. The second-order valence-electron chi connectivity index (χ2n) is 7.49. The molecule has 1 aromatic carbocycles. The Labute approximate surface area is 149 Å². The number of nitrogens with one attached hydrogen (secondary N) is 1. The first-order valence-electron chi connectivity index (χ1n) is 8.67. The van der Waals surface area contributed by atoms with Crippen molar-refractivity contribution in [2.75, 3.05) is 6.54 Å². The molecule has 1 unspecified atom stereocenters. The van der Waals surface area contributed by atoms with Gasteiger partial charge in [-0.1, -0.05) is 24.0 Å². The Morgan fingerprint density at radius 3 is 2.72 bits per heavy atom. The number of benzene rings is 1. The number of ether oxygens (including phenoxy) is 1. The van der Waals surface area contributed by atoms with Gasteiger partial charge >= 0.3 is 6.09 Å². The Balaban J connectivity index is 1.86. The maximum atomic E-state index is 11.6. The van der Waals surface area contributed by atoms with Gasteiger partial charge in [0.1, 0.15) is 11.2 Å². The van der Waals surface area contributed by atoms with Gasteiger partial charge < -0.3 is 20.3 Å². The summed E-state index contributed by atoms with van der Waals surface area (Å²) in [6.45, 7) is 5.71. The minimum absolute atomic E-state index is 0.311. The van der Waals surface area contributed by atoms with Crippen LogP contribution in [-0.2, 0) is 4.74 Å². The normalized spacial score (nSPS) is 16.8. The molecule has 1 aliphatic carbocycles. The van der Waals surface area contributed by atoms with E-state index in [0.29, 0.717) is 13.0 Å². The molecule has 0 heterocycles. The van der Waals surface area contributed by atoms with Crippen LogP contribution in [0.1, 0.15) is 63.7 Å². The number of aliphatic hydroxyl groups excluding tert-OH is 1. The number of hydrogen-bond donors (Lipinski definition) is 3. The molecule has 1 saturated carbocycles. The summed E-state index contributed by atoms with van der Waals surface area (Å²) in [5.74, 6) is 5.89. The molecule has 0 radical (unpaired) electrons. The highest BCUT2D eigenvalue weighted by atomic mass is 16.6. The van der Waals surface area contributed by atoms with E-state index in [1.165, 1.54) is 0 Å². The van der Waals surface area contributed by atoms with Crippen molar-refractivity contribution in [3.8, 4) is 11.8 Å². The van der Waals surface area contributed by atoms with Crippen molar-refractivity contribution in [1.82, 2.24) is 5.32 Å². The zero-order valence-electron chi connectivity index (χ0n) is 15.1. The molecular weight excluding hydrogens is 318 g/mol. The number of carbonyl (C=O) groups excluding carboxylic acids is 1. The fraction of sp³-hybridized carbons (Fsp3) is 0.550. The van der Waals surface area contributed by atoms with Gasteiger partial charge in [0.25, 0.3) is 0 Å². The molecule has 0 aromatic heterocycles. The molecule has 5 nitrogen and oxygen atoms in total. The van der Waals surface area contributed by atoms with Gasteiger partial charge in [-0.2, -0.15) is 0 Å². The zero-order chi connectivity index (χ0) is 18.5. The molecule has 0 bridgehead atoms. The number of rotatable bonds is 4. The van der Waals surface area contributed by atoms with Crippen molar-refractivity contribution in [3.05, 3.63) is 35.4 Å². The Morgan fingerprint density at radius 2 is 2.12 bits per heavy atom. The second kappa shape index (κ2) is 7.90. The molecule has 1 atom stereocenters. The summed E-state index contributed by atoms with van der Waals surface area (Å²) in [7, 11) is 0. The third kappa shape index (κ3) is 6.41. The molecule has 2 rings (SSSR count). The summed E-state index contributed by atoms with van der Waals surface area (Å²) in [5, 5.41) is 22.9. The van der Waals surface area contributed by atoms with E-state index in [1.54, 1.807) is 20.8 Å². The minimum atomic E-state index is -0.841. The third-order valence-corrected chi connectivity index (χ3v) is 3.98. The highest BCUT2D eigenvalue weighted by molar-refractivity contribution is 5.67. The van der Waals surface area contributed by atoms with Crippen molar-refractivity contribution in [2.24, 2.45) is 0 Å². The van der Waals surface area contributed by atoms with Gasteiger partial charge in [0, 0.05) is 12.1 Å². The van der Waals surface area contributed by atoms with E-state index < -0.39 is 23.4 Å². The first-order valence-corrected chi connectivity index (χ1v) is 8.67. The van der Waals surface area contributed by atoms with Crippen molar-refractivity contribution in [1.29, 1.82) is 0 Å². The lowest BCUT2D eigenvalue weighted by Crippen LogP contribution is -2.34. The van der Waals surface area contributed by atoms with Gasteiger partial charge in [0.15, 0.2) is 0 Å². The predicted octanol–water partition coefficient (Wildman–Crippen LogP) is 2.90. The molecule has 0 saturated heterocycles. The zero-order valence-corrected chi connectivity index (χ0v) is 15.1. The molecular formula is C20H27NO4. The van der Waals surface area contributed by atoms with Crippen LogP contribution < -0.4 is 5.32 Å². The van der Waals surface area contributed by atoms with Crippen LogP contribution in [0.3, 0.4) is 0 Å². The van der Waals surface area contributed by atoms with E-state index >= 15 is 0 Å². The van der Waals surface area contributed by atoms with Crippen LogP contribution in [-0.4, -0.2) is 34.1 Å². The summed E-state index contributed by atoms with van der Waals surface area (Å²) in [6.07, 6.45) is 1.63. The predicted molar refractivity (Wildman–Crippen MR) is 95.9 cm³/mol. The van der Waals surface area contributed by atoms with Crippen LogP contribution in [0.2, 0.25) is 0 Å².